The van der Waals surface area contributed by atoms with Crippen LogP contribution in [-0.4, -0.2) is 0 Å². The highest BCUT2D eigenvalue weighted by atomic mass is 15.1. The molecule has 63 heavy (non-hydrogen) atoms. The molecular formula is C62H43N. The third-order valence-electron chi connectivity index (χ3n) is 12.3. The zero-order chi connectivity index (χ0) is 42.0. The Kier molecular flexibility index (Phi) is 9.97. The number of hydrogen-bond donors (Lipinski definition) is 0. The lowest BCUT2D eigenvalue weighted by molar-refractivity contribution is 1.29. The van der Waals surface area contributed by atoms with E-state index in [1.165, 1.54) is 82.7 Å². The van der Waals surface area contributed by atoms with E-state index < -0.39 is 0 Å². The number of nitrogens with zero attached hydrogens (tertiary/aromatic N) is 1. The number of anilines is 3. The van der Waals surface area contributed by atoms with Gasteiger partial charge in [0.15, 0.2) is 0 Å². The highest BCUT2D eigenvalue weighted by Gasteiger charge is 2.21. The molecule has 0 spiro atoms. The second-order valence-corrected chi connectivity index (χ2v) is 16.0. The van der Waals surface area contributed by atoms with Gasteiger partial charge < -0.3 is 4.90 Å². The Morgan fingerprint density at radius 1 is 0.190 bits per heavy atom. The van der Waals surface area contributed by atoms with Gasteiger partial charge in [-0.3, -0.25) is 0 Å². The molecular weight excluding hydrogens is 759 g/mol. The maximum atomic E-state index is 2.42. The minimum atomic E-state index is 1.08. The van der Waals surface area contributed by atoms with E-state index in [2.05, 4.69) is 266 Å². The van der Waals surface area contributed by atoms with Crippen LogP contribution in [0.25, 0.3) is 88.3 Å². The highest BCUT2D eigenvalue weighted by Crippen LogP contribution is 2.48. The number of benzene rings is 11. The lowest BCUT2D eigenvalue weighted by Crippen LogP contribution is -2.10. The summed E-state index contributed by atoms with van der Waals surface area (Å²) in [4.78, 5) is 2.42. The smallest absolute Gasteiger partial charge is 0.0468 e. The topological polar surface area (TPSA) is 3.24 Å². The van der Waals surface area contributed by atoms with Gasteiger partial charge in [0.1, 0.15) is 0 Å². The van der Waals surface area contributed by atoms with Gasteiger partial charge in [0.25, 0.3) is 0 Å². The molecule has 0 amide bonds. The molecule has 0 N–H and O–H groups in total. The Labute approximate surface area is 369 Å². The molecule has 0 aliphatic carbocycles. The van der Waals surface area contributed by atoms with Gasteiger partial charge in [-0.2, -0.15) is 0 Å². The molecule has 0 heterocycles. The van der Waals surface area contributed by atoms with Crippen LogP contribution in [0, 0.1) is 0 Å². The van der Waals surface area contributed by atoms with Gasteiger partial charge in [-0.05, 0) is 125 Å². The molecule has 11 aromatic rings. The van der Waals surface area contributed by atoms with Crippen molar-refractivity contribution in [2.45, 2.75) is 0 Å². The van der Waals surface area contributed by atoms with E-state index in [0.29, 0.717) is 0 Å². The van der Waals surface area contributed by atoms with Crippen molar-refractivity contribution in [2.24, 2.45) is 0 Å². The summed E-state index contributed by atoms with van der Waals surface area (Å²) in [6.45, 7) is 0. The van der Waals surface area contributed by atoms with E-state index in [-0.39, 0.29) is 0 Å². The maximum Gasteiger partial charge on any atom is 0.0468 e. The quantitative estimate of drug-likeness (QED) is 0.131. The molecule has 0 aliphatic rings. The van der Waals surface area contributed by atoms with Crippen LogP contribution >= 0.6 is 0 Å². The van der Waals surface area contributed by atoms with Gasteiger partial charge in [0.2, 0.25) is 0 Å². The van der Waals surface area contributed by atoms with Crippen LogP contribution in [-0.2, 0) is 0 Å². The van der Waals surface area contributed by atoms with Crippen LogP contribution in [0.3, 0.4) is 0 Å². The fourth-order valence-electron chi connectivity index (χ4n) is 9.39. The van der Waals surface area contributed by atoms with E-state index in [4.69, 9.17) is 0 Å². The summed E-state index contributed by atoms with van der Waals surface area (Å²) in [5.74, 6) is 0. The van der Waals surface area contributed by atoms with E-state index in [1.807, 2.05) is 0 Å². The minimum absolute atomic E-state index is 1.08. The predicted molar refractivity (Wildman–Crippen MR) is 269 cm³/mol. The summed E-state index contributed by atoms with van der Waals surface area (Å²) < 4.78 is 0. The molecule has 0 radical (unpaired) electrons. The molecule has 0 saturated carbocycles. The van der Waals surface area contributed by atoms with Crippen LogP contribution in [0.4, 0.5) is 17.1 Å². The SMILES string of the molecule is c1ccc(-c2cccc(N(c3ccc(-c4cccc(-c5ccccc5)c4-c4ccccc4)cc3)c3ccc4c(c3)c(-c3ccccc3)c(-c3ccccc3)c3ccccc34)c2)cc1. The summed E-state index contributed by atoms with van der Waals surface area (Å²) in [7, 11) is 0. The zero-order valence-electron chi connectivity index (χ0n) is 34.8. The van der Waals surface area contributed by atoms with E-state index in [9.17, 15) is 0 Å². The molecule has 0 aromatic heterocycles. The normalized spacial score (nSPS) is 11.2. The van der Waals surface area contributed by atoms with Crippen LogP contribution in [0.15, 0.2) is 261 Å². The summed E-state index contributed by atoms with van der Waals surface area (Å²) in [5.41, 5.74) is 17.7. The van der Waals surface area contributed by atoms with E-state index in [0.717, 1.165) is 22.6 Å². The monoisotopic (exact) mass is 801 g/mol. The Hall–Kier alpha value is -8.26. The van der Waals surface area contributed by atoms with Crippen molar-refractivity contribution in [1.29, 1.82) is 0 Å². The Morgan fingerprint density at radius 3 is 1.17 bits per heavy atom. The van der Waals surface area contributed by atoms with Gasteiger partial charge in [-0.25, -0.2) is 0 Å². The van der Waals surface area contributed by atoms with Crippen LogP contribution in [0.5, 0.6) is 0 Å². The van der Waals surface area contributed by atoms with Gasteiger partial charge in [-0.15, -0.1) is 0 Å². The molecule has 0 fully saturated rings. The van der Waals surface area contributed by atoms with Crippen LogP contribution in [0.2, 0.25) is 0 Å². The van der Waals surface area contributed by atoms with Crippen molar-refractivity contribution in [3.63, 3.8) is 0 Å². The number of hydrogen-bond acceptors (Lipinski definition) is 1. The number of fused-ring (bicyclic) bond motifs is 3. The lowest BCUT2D eigenvalue weighted by Gasteiger charge is -2.28. The first kappa shape index (κ1) is 37.7. The third kappa shape index (κ3) is 7.16. The third-order valence-corrected chi connectivity index (χ3v) is 12.3. The molecule has 1 heteroatoms. The second kappa shape index (κ2) is 16.7. The Morgan fingerprint density at radius 2 is 0.587 bits per heavy atom. The van der Waals surface area contributed by atoms with Crippen molar-refractivity contribution in [3.05, 3.63) is 261 Å². The largest absolute Gasteiger partial charge is 0.310 e. The van der Waals surface area contributed by atoms with Gasteiger partial charge in [0, 0.05) is 17.1 Å². The first-order chi connectivity index (χ1) is 31.3. The average molecular weight is 802 g/mol. The maximum absolute atomic E-state index is 2.42. The van der Waals surface area contributed by atoms with Gasteiger partial charge >= 0.3 is 0 Å². The Bertz CT molecular complexity index is 3340. The van der Waals surface area contributed by atoms with Crippen molar-refractivity contribution in [2.75, 3.05) is 4.90 Å². The van der Waals surface area contributed by atoms with Crippen molar-refractivity contribution in [3.8, 4) is 66.8 Å². The summed E-state index contributed by atoms with van der Waals surface area (Å²) in [6, 6.07) is 94.6. The summed E-state index contributed by atoms with van der Waals surface area (Å²) in [6.07, 6.45) is 0. The van der Waals surface area contributed by atoms with Crippen molar-refractivity contribution < 1.29 is 0 Å². The molecule has 0 bridgehead atoms. The molecule has 11 rings (SSSR count). The van der Waals surface area contributed by atoms with Gasteiger partial charge in [-0.1, -0.05) is 224 Å². The van der Waals surface area contributed by atoms with Gasteiger partial charge in [0.05, 0.1) is 0 Å². The second-order valence-electron chi connectivity index (χ2n) is 16.0. The fraction of sp³-hybridized carbons (Fsp3) is 0. The van der Waals surface area contributed by atoms with Crippen molar-refractivity contribution in [1.82, 2.24) is 0 Å². The molecule has 0 atom stereocenters. The predicted octanol–water partition coefficient (Wildman–Crippen LogP) is 17.5. The highest BCUT2D eigenvalue weighted by molar-refractivity contribution is 6.22. The molecule has 0 unspecified atom stereocenters. The fourth-order valence-corrected chi connectivity index (χ4v) is 9.39. The summed E-state index contributed by atoms with van der Waals surface area (Å²) in [5, 5.41) is 4.93. The Balaban J connectivity index is 1.13. The number of rotatable bonds is 9. The molecule has 0 aliphatic heterocycles. The molecule has 11 aromatic carbocycles. The molecule has 0 saturated heterocycles. The zero-order valence-corrected chi connectivity index (χ0v) is 34.8. The van der Waals surface area contributed by atoms with E-state index in [1.54, 1.807) is 0 Å². The van der Waals surface area contributed by atoms with Crippen molar-refractivity contribution >= 4 is 38.6 Å². The summed E-state index contributed by atoms with van der Waals surface area (Å²) >= 11 is 0. The molecule has 1 nitrogen and oxygen atoms in total. The lowest BCUT2D eigenvalue weighted by atomic mass is 9.85. The standard InChI is InChI=1S/C62H43N/c1-6-20-44(21-7-1)50-30-18-31-52(42-50)63(51-38-36-46(37-39-51)55-35-19-34-54(45-22-8-2-9-23-45)60(55)47-24-10-3-11-25-47)53-40-41-57-56-32-16-17-33-58(56)61(48-26-12-4-13-27-48)62(59(57)43-53)49-28-14-5-15-29-49/h1-43H. The minimum Gasteiger partial charge on any atom is -0.310 e. The first-order valence-corrected chi connectivity index (χ1v) is 21.7. The van der Waals surface area contributed by atoms with Crippen LogP contribution in [0.1, 0.15) is 0 Å². The van der Waals surface area contributed by atoms with Crippen LogP contribution < -0.4 is 4.90 Å². The average Bonchev–Trinajstić information content (AvgIpc) is 3.37. The van der Waals surface area contributed by atoms with E-state index >= 15 is 0 Å². The molecule has 296 valence electrons. The first-order valence-electron chi connectivity index (χ1n) is 21.7.